The number of rotatable bonds is 1. The molecule has 1 aliphatic heterocycles. The number of nitrogens with zero attached hydrogens (tertiary/aromatic N) is 1. The van der Waals surface area contributed by atoms with Gasteiger partial charge in [0.25, 0.3) is 5.92 Å². The highest BCUT2D eigenvalue weighted by molar-refractivity contribution is 4.89. The largest absolute Gasteiger partial charge is 0.300 e. The molecule has 2 atom stereocenters. The Kier molecular flexibility index (Phi) is 2.95. The molecule has 78 valence electrons. The first-order chi connectivity index (χ1) is 5.85. The van der Waals surface area contributed by atoms with Gasteiger partial charge in [-0.25, -0.2) is 8.78 Å². The maximum Gasteiger partial charge on any atom is 0.255 e. The van der Waals surface area contributed by atoms with Crippen LogP contribution in [0.5, 0.6) is 0 Å². The molecule has 0 aromatic carbocycles. The molecule has 1 heterocycles. The molecule has 0 aromatic rings. The lowest BCUT2D eigenvalue weighted by Crippen LogP contribution is -2.53. The quantitative estimate of drug-likeness (QED) is 0.616. The van der Waals surface area contributed by atoms with Crippen LogP contribution in [-0.4, -0.2) is 30.0 Å². The number of hydrogen-bond donors (Lipinski definition) is 0. The highest BCUT2D eigenvalue weighted by atomic mass is 19.3. The molecular weight excluding hydrogens is 172 g/mol. The van der Waals surface area contributed by atoms with Gasteiger partial charge in [0.05, 0.1) is 0 Å². The first-order valence-electron chi connectivity index (χ1n) is 4.97. The molecule has 1 nitrogen and oxygen atoms in total. The lowest BCUT2D eigenvalue weighted by atomic mass is 9.86. The summed E-state index contributed by atoms with van der Waals surface area (Å²) < 4.78 is 26.8. The van der Waals surface area contributed by atoms with Crippen molar-refractivity contribution >= 4 is 0 Å². The summed E-state index contributed by atoms with van der Waals surface area (Å²) in [6, 6.07) is 0.376. The zero-order valence-electron chi connectivity index (χ0n) is 8.85. The zero-order chi connectivity index (χ0) is 10.2. The molecule has 0 radical (unpaired) electrons. The Labute approximate surface area is 79.1 Å². The molecule has 1 saturated heterocycles. The standard InChI is InChI=1S/C10H19F2N/c1-7(2)13-5-8(3)10(11,12)9(4)6-13/h7-9H,5-6H2,1-4H3/t8-,9+. The Morgan fingerprint density at radius 2 is 1.54 bits per heavy atom. The average molecular weight is 191 g/mol. The van der Waals surface area contributed by atoms with Crippen LogP contribution in [0.1, 0.15) is 27.7 Å². The van der Waals surface area contributed by atoms with E-state index >= 15 is 0 Å². The van der Waals surface area contributed by atoms with Crippen molar-refractivity contribution in [3.63, 3.8) is 0 Å². The third-order valence-electron chi connectivity index (χ3n) is 3.06. The predicted octanol–water partition coefficient (Wildman–Crippen LogP) is 2.62. The molecule has 13 heavy (non-hydrogen) atoms. The van der Waals surface area contributed by atoms with E-state index in [0.29, 0.717) is 19.1 Å². The van der Waals surface area contributed by atoms with Crippen molar-refractivity contribution < 1.29 is 8.78 Å². The fraction of sp³-hybridized carbons (Fsp3) is 1.00. The Hall–Kier alpha value is -0.180. The lowest BCUT2D eigenvalue weighted by molar-refractivity contribution is -0.143. The van der Waals surface area contributed by atoms with Gasteiger partial charge in [0.2, 0.25) is 0 Å². The van der Waals surface area contributed by atoms with Gasteiger partial charge in [-0.1, -0.05) is 13.8 Å². The molecule has 0 aliphatic carbocycles. The maximum atomic E-state index is 13.4. The minimum atomic E-state index is -2.48. The summed E-state index contributed by atoms with van der Waals surface area (Å²) in [5, 5.41) is 0. The van der Waals surface area contributed by atoms with Crippen LogP contribution >= 0.6 is 0 Å². The van der Waals surface area contributed by atoms with Gasteiger partial charge in [-0.3, -0.25) is 4.90 Å². The second kappa shape index (κ2) is 3.52. The summed E-state index contributed by atoms with van der Waals surface area (Å²) in [5.74, 6) is -3.51. The summed E-state index contributed by atoms with van der Waals surface area (Å²) >= 11 is 0. The molecule has 1 rings (SSSR count). The topological polar surface area (TPSA) is 3.24 Å². The van der Waals surface area contributed by atoms with Crippen LogP contribution in [0.4, 0.5) is 8.78 Å². The minimum Gasteiger partial charge on any atom is -0.300 e. The number of halogens is 2. The molecule has 0 spiro atoms. The van der Waals surface area contributed by atoms with Crippen molar-refractivity contribution in [3.05, 3.63) is 0 Å². The summed E-state index contributed by atoms with van der Waals surface area (Å²) in [7, 11) is 0. The van der Waals surface area contributed by atoms with Crippen LogP contribution in [0.15, 0.2) is 0 Å². The second-order valence-corrected chi connectivity index (χ2v) is 4.52. The Bertz CT molecular complexity index is 166. The molecule has 0 unspecified atom stereocenters. The van der Waals surface area contributed by atoms with E-state index in [2.05, 4.69) is 18.7 Å². The van der Waals surface area contributed by atoms with Gasteiger partial charge in [-0.05, 0) is 13.8 Å². The van der Waals surface area contributed by atoms with Crippen LogP contribution in [0.3, 0.4) is 0 Å². The van der Waals surface area contributed by atoms with Crippen molar-refractivity contribution in [3.8, 4) is 0 Å². The van der Waals surface area contributed by atoms with E-state index in [1.807, 2.05) is 0 Å². The Morgan fingerprint density at radius 3 is 1.85 bits per heavy atom. The van der Waals surface area contributed by atoms with Crippen molar-refractivity contribution in [2.45, 2.75) is 39.7 Å². The first-order valence-corrected chi connectivity index (χ1v) is 4.97. The SMILES string of the molecule is CC(C)N1C[C@@H](C)C(F)(F)[C@@H](C)C1. The van der Waals surface area contributed by atoms with Crippen LogP contribution < -0.4 is 0 Å². The number of piperidine rings is 1. The number of likely N-dealkylation sites (tertiary alicyclic amines) is 1. The molecule has 1 fully saturated rings. The van der Waals surface area contributed by atoms with E-state index in [1.165, 1.54) is 0 Å². The molecule has 0 saturated carbocycles. The fourth-order valence-electron chi connectivity index (χ4n) is 1.93. The molecule has 0 amide bonds. The van der Waals surface area contributed by atoms with E-state index in [0.717, 1.165) is 0 Å². The molecule has 0 N–H and O–H groups in total. The van der Waals surface area contributed by atoms with Gasteiger partial charge in [0, 0.05) is 31.0 Å². The number of alkyl halides is 2. The number of hydrogen-bond acceptors (Lipinski definition) is 1. The summed E-state index contributed by atoms with van der Waals surface area (Å²) in [6.45, 7) is 8.45. The van der Waals surface area contributed by atoms with Gasteiger partial charge in [-0.2, -0.15) is 0 Å². The van der Waals surface area contributed by atoms with Crippen molar-refractivity contribution in [2.24, 2.45) is 11.8 Å². The molecule has 0 aromatic heterocycles. The predicted molar refractivity (Wildman–Crippen MR) is 50.0 cm³/mol. The van der Waals surface area contributed by atoms with Crippen LogP contribution in [0.2, 0.25) is 0 Å². The highest BCUT2D eigenvalue weighted by Gasteiger charge is 2.47. The second-order valence-electron chi connectivity index (χ2n) is 4.52. The highest BCUT2D eigenvalue weighted by Crippen LogP contribution is 2.37. The Morgan fingerprint density at radius 1 is 1.15 bits per heavy atom. The monoisotopic (exact) mass is 191 g/mol. The van der Waals surface area contributed by atoms with E-state index in [1.54, 1.807) is 13.8 Å². The Balaban J connectivity index is 2.68. The van der Waals surface area contributed by atoms with Crippen molar-refractivity contribution in [1.82, 2.24) is 4.90 Å². The van der Waals surface area contributed by atoms with Crippen LogP contribution in [0, 0.1) is 11.8 Å². The van der Waals surface area contributed by atoms with Gasteiger partial charge in [-0.15, -0.1) is 0 Å². The van der Waals surface area contributed by atoms with E-state index < -0.39 is 17.8 Å². The van der Waals surface area contributed by atoms with E-state index in [9.17, 15) is 8.78 Å². The van der Waals surface area contributed by atoms with Crippen LogP contribution in [0.25, 0.3) is 0 Å². The van der Waals surface area contributed by atoms with Crippen molar-refractivity contribution in [1.29, 1.82) is 0 Å². The van der Waals surface area contributed by atoms with Gasteiger partial charge in [0.15, 0.2) is 0 Å². The fourth-order valence-corrected chi connectivity index (χ4v) is 1.93. The molecular formula is C10H19F2N. The van der Waals surface area contributed by atoms with Gasteiger partial charge in [0.1, 0.15) is 0 Å². The normalized spacial score (nSPS) is 35.3. The molecule has 3 heteroatoms. The molecule has 1 aliphatic rings. The van der Waals surface area contributed by atoms with Gasteiger partial charge < -0.3 is 0 Å². The maximum absolute atomic E-state index is 13.4. The minimum absolute atomic E-state index is 0.376. The van der Waals surface area contributed by atoms with Crippen molar-refractivity contribution in [2.75, 3.05) is 13.1 Å². The van der Waals surface area contributed by atoms with E-state index in [-0.39, 0.29) is 0 Å². The first kappa shape index (κ1) is 10.9. The lowest BCUT2D eigenvalue weighted by Gasteiger charge is -2.42. The summed E-state index contributed by atoms with van der Waals surface area (Å²) in [4.78, 5) is 2.13. The smallest absolute Gasteiger partial charge is 0.255 e. The average Bonchev–Trinajstić information content (AvgIpc) is 2.00. The van der Waals surface area contributed by atoms with Crippen LogP contribution in [-0.2, 0) is 0 Å². The van der Waals surface area contributed by atoms with E-state index in [4.69, 9.17) is 0 Å². The third-order valence-corrected chi connectivity index (χ3v) is 3.06. The summed E-state index contributed by atoms with van der Waals surface area (Å²) in [6.07, 6.45) is 0. The summed E-state index contributed by atoms with van der Waals surface area (Å²) in [5.41, 5.74) is 0. The molecule has 0 bridgehead atoms. The zero-order valence-corrected chi connectivity index (χ0v) is 8.85. The third kappa shape index (κ3) is 2.01. The van der Waals surface area contributed by atoms with Gasteiger partial charge >= 0.3 is 0 Å².